The molecular formula is C31H36FN3O5S. The number of anilines is 2. The smallest absolute Gasteiger partial charge is 0.323 e. The largest absolute Gasteiger partial charge is 0.480 e. The number of aliphatic carboxylic acids is 2. The quantitative estimate of drug-likeness (QED) is 0.366. The van der Waals surface area contributed by atoms with E-state index in [4.69, 9.17) is 0 Å². The lowest BCUT2D eigenvalue weighted by Crippen LogP contribution is -2.58. The summed E-state index contributed by atoms with van der Waals surface area (Å²) in [4.78, 5) is 43.8. The van der Waals surface area contributed by atoms with E-state index in [0.717, 1.165) is 66.0 Å². The fraction of sp³-hybridized carbons (Fsp3) is 0.452. The molecule has 0 atom stereocenters. The zero-order chi connectivity index (χ0) is 29.5. The summed E-state index contributed by atoms with van der Waals surface area (Å²) >= 11 is 1.54. The van der Waals surface area contributed by atoms with Crippen molar-refractivity contribution in [3.05, 3.63) is 58.7 Å². The van der Waals surface area contributed by atoms with Crippen molar-refractivity contribution in [2.24, 2.45) is 10.8 Å². The Hall–Kier alpha value is -3.50. The molecule has 1 aromatic heterocycles. The van der Waals surface area contributed by atoms with Crippen molar-refractivity contribution < 1.29 is 29.0 Å². The standard InChI is InChI=1S/C31H36FN3O5S/c1-30(2,3)31(28(37)38,29(39)40)19-35-24-16-20(4-5-21(24)6-7-27(35)36)8-10-33-11-13-34(14-12-33)25-17-22(32)18-26-23(25)9-15-41-26/h4-5,9,15-18H,6-8,10-14,19H2,1-3H3,(H,37,38)(H,39,40). The predicted molar refractivity (Wildman–Crippen MR) is 158 cm³/mol. The summed E-state index contributed by atoms with van der Waals surface area (Å²) in [5, 5.41) is 23.2. The van der Waals surface area contributed by atoms with Crippen LogP contribution >= 0.6 is 11.3 Å². The van der Waals surface area contributed by atoms with E-state index in [2.05, 4.69) is 9.80 Å². The molecule has 2 aliphatic heterocycles. The molecule has 1 amide bonds. The summed E-state index contributed by atoms with van der Waals surface area (Å²) in [5.74, 6) is -3.39. The van der Waals surface area contributed by atoms with Gasteiger partial charge in [0.25, 0.3) is 0 Å². The number of piperazine rings is 1. The average Bonchev–Trinajstić information content (AvgIpc) is 3.38. The topological polar surface area (TPSA) is 101 Å². The molecule has 0 saturated carbocycles. The number of carbonyl (C=O) groups is 3. The zero-order valence-corrected chi connectivity index (χ0v) is 24.5. The second kappa shape index (κ2) is 11.1. The molecule has 0 bridgehead atoms. The highest BCUT2D eigenvalue weighted by molar-refractivity contribution is 7.17. The van der Waals surface area contributed by atoms with Crippen LogP contribution in [0.25, 0.3) is 10.1 Å². The highest BCUT2D eigenvalue weighted by Crippen LogP contribution is 2.43. The maximum Gasteiger partial charge on any atom is 0.323 e. The summed E-state index contributed by atoms with van der Waals surface area (Å²) in [6.45, 7) is 8.37. The molecule has 2 N–H and O–H groups in total. The number of carboxylic acid groups (broad SMARTS) is 2. The first-order chi connectivity index (χ1) is 19.4. The Kier molecular flexibility index (Phi) is 7.82. The van der Waals surface area contributed by atoms with Crippen LogP contribution in [0.3, 0.4) is 0 Å². The number of nitrogens with zero attached hydrogens (tertiary/aromatic N) is 3. The van der Waals surface area contributed by atoms with Crippen molar-refractivity contribution in [3.8, 4) is 0 Å². The minimum atomic E-state index is -2.16. The van der Waals surface area contributed by atoms with Crippen LogP contribution in [0.1, 0.15) is 38.3 Å². The fourth-order valence-electron chi connectivity index (χ4n) is 6.04. The predicted octanol–water partition coefficient (Wildman–Crippen LogP) is 4.89. The molecule has 0 unspecified atom stereocenters. The van der Waals surface area contributed by atoms with E-state index in [-0.39, 0.29) is 18.1 Å². The molecule has 5 rings (SSSR count). The van der Waals surface area contributed by atoms with Crippen LogP contribution in [0.5, 0.6) is 0 Å². The minimum Gasteiger partial charge on any atom is -0.480 e. The van der Waals surface area contributed by atoms with Crippen molar-refractivity contribution in [1.82, 2.24) is 4.90 Å². The molecular weight excluding hydrogens is 545 g/mol. The van der Waals surface area contributed by atoms with E-state index in [1.54, 1.807) is 44.2 Å². The van der Waals surface area contributed by atoms with Gasteiger partial charge in [-0.1, -0.05) is 32.9 Å². The number of hydrogen-bond donors (Lipinski definition) is 2. The maximum atomic E-state index is 14.2. The normalized spacial score (nSPS) is 16.7. The Balaban J connectivity index is 1.29. The molecule has 3 aromatic rings. The summed E-state index contributed by atoms with van der Waals surface area (Å²) in [6, 6.07) is 11.2. The van der Waals surface area contributed by atoms with Crippen LogP contribution in [-0.2, 0) is 27.2 Å². The van der Waals surface area contributed by atoms with Crippen molar-refractivity contribution in [3.63, 3.8) is 0 Å². The third kappa shape index (κ3) is 5.42. The second-order valence-corrected chi connectivity index (χ2v) is 13.0. The van der Waals surface area contributed by atoms with Gasteiger partial charge in [-0.3, -0.25) is 19.3 Å². The molecule has 0 aliphatic carbocycles. The number of fused-ring (bicyclic) bond motifs is 2. The lowest BCUT2D eigenvalue weighted by Gasteiger charge is -2.42. The first kappa shape index (κ1) is 29.0. The van der Waals surface area contributed by atoms with Gasteiger partial charge >= 0.3 is 11.9 Å². The van der Waals surface area contributed by atoms with Gasteiger partial charge in [0.2, 0.25) is 5.91 Å². The number of aryl methyl sites for hydroxylation is 1. The van der Waals surface area contributed by atoms with Crippen molar-refractivity contribution >= 4 is 50.6 Å². The van der Waals surface area contributed by atoms with Gasteiger partial charge in [0, 0.05) is 60.6 Å². The summed E-state index contributed by atoms with van der Waals surface area (Å²) in [7, 11) is 0. The highest BCUT2D eigenvalue weighted by Gasteiger charge is 2.57. The number of carboxylic acids is 2. The van der Waals surface area contributed by atoms with Crippen LogP contribution < -0.4 is 9.80 Å². The van der Waals surface area contributed by atoms with E-state index in [1.807, 2.05) is 29.6 Å². The number of amides is 1. The van der Waals surface area contributed by atoms with Crippen LogP contribution in [-0.4, -0.2) is 72.2 Å². The van der Waals surface area contributed by atoms with Crippen LogP contribution in [0.15, 0.2) is 41.8 Å². The number of carbonyl (C=O) groups excluding carboxylic acids is 1. The lowest BCUT2D eigenvalue weighted by atomic mass is 9.65. The van der Waals surface area contributed by atoms with Crippen molar-refractivity contribution in [2.75, 3.05) is 49.1 Å². The number of rotatable bonds is 8. The monoisotopic (exact) mass is 581 g/mol. The van der Waals surface area contributed by atoms with Crippen molar-refractivity contribution in [1.29, 1.82) is 0 Å². The van der Waals surface area contributed by atoms with Gasteiger partial charge in [-0.25, -0.2) is 4.39 Å². The lowest BCUT2D eigenvalue weighted by molar-refractivity contribution is -0.172. The van der Waals surface area contributed by atoms with E-state index in [1.165, 1.54) is 4.90 Å². The van der Waals surface area contributed by atoms with Gasteiger partial charge in [0.1, 0.15) is 5.82 Å². The van der Waals surface area contributed by atoms with Crippen LogP contribution in [0.4, 0.5) is 15.8 Å². The molecule has 2 aromatic carbocycles. The van der Waals surface area contributed by atoms with E-state index in [0.29, 0.717) is 12.1 Å². The third-order valence-corrected chi connectivity index (χ3v) is 9.56. The molecule has 41 heavy (non-hydrogen) atoms. The van der Waals surface area contributed by atoms with Crippen LogP contribution in [0.2, 0.25) is 0 Å². The zero-order valence-electron chi connectivity index (χ0n) is 23.7. The third-order valence-electron chi connectivity index (χ3n) is 8.70. The molecule has 2 aliphatic rings. The summed E-state index contributed by atoms with van der Waals surface area (Å²) in [6.07, 6.45) is 1.47. The number of benzene rings is 2. The van der Waals surface area contributed by atoms with Gasteiger partial charge in [-0.05, 0) is 59.0 Å². The minimum absolute atomic E-state index is 0.207. The molecule has 10 heteroatoms. The molecule has 0 radical (unpaired) electrons. The van der Waals surface area contributed by atoms with Gasteiger partial charge in [-0.15, -0.1) is 11.3 Å². The number of thiophene rings is 1. The molecule has 1 fully saturated rings. The average molecular weight is 582 g/mol. The van der Waals surface area contributed by atoms with E-state index >= 15 is 0 Å². The number of halogens is 1. The molecule has 8 nitrogen and oxygen atoms in total. The summed E-state index contributed by atoms with van der Waals surface area (Å²) < 4.78 is 15.2. The van der Waals surface area contributed by atoms with E-state index < -0.39 is 29.3 Å². The fourth-order valence-corrected chi connectivity index (χ4v) is 6.87. The van der Waals surface area contributed by atoms with Gasteiger partial charge in [0.05, 0.1) is 6.54 Å². The Labute approximate surface area is 243 Å². The molecule has 1 saturated heterocycles. The van der Waals surface area contributed by atoms with E-state index in [9.17, 15) is 29.0 Å². The Bertz CT molecular complexity index is 1470. The molecule has 218 valence electrons. The van der Waals surface area contributed by atoms with Crippen molar-refractivity contribution in [2.45, 2.75) is 40.0 Å². The van der Waals surface area contributed by atoms with Gasteiger partial charge in [0.15, 0.2) is 5.41 Å². The molecule has 0 spiro atoms. The molecule has 3 heterocycles. The Morgan fingerprint density at radius 1 is 0.951 bits per heavy atom. The summed E-state index contributed by atoms with van der Waals surface area (Å²) in [5.41, 5.74) is 0.157. The Morgan fingerprint density at radius 2 is 1.66 bits per heavy atom. The van der Waals surface area contributed by atoms with Gasteiger partial charge < -0.3 is 20.0 Å². The van der Waals surface area contributed by atoms with Gasteiger partial charge in [-0.2, -0.15) is 0 Å². The maximum absolute atomic E-state index is 14.2. The Morgan fingerprint density at radius 3 is 2.32 bits per heavy atom. The number of hydrogen-bond acceptors (Lipinski definition) is 6. The first-order valence-electron chi connectivity index (χ1n) is 13.9. The first-order valence-corrected chi connectivity index (χ1v) is 14.8. The SMILES string of the molecule is CC(C)(C)C(CN1C(=O)CCc2ccc(CCN3CCN(c4cc(F)cc5sccc45)CC3)cc21)(C(=O)O)C(=O)O. The second-order valence-electron chi connectivity index (χ2n) is 12.0. The highest BCUT2D eigenvalue weighted by atomic mass is 32.1. The van der Waals surface area contributed by atoms with Crippen LogP contribution in [0, 0.1) is 16.6 Å².